The number of rotatable bonds is 6. The number of ether oxygens (including phenoxy) is 1. The maximum absolute atomic E-state index is 10.2. The first-order valence-corrected chi connectivity index (χ1v) is 7.36. The molecule has 19 heavy (non-hydrogen) atoms. The second kappa shape index (κ2) is 6.25. The fourth-order valence-electron chi connectivity index (χ4n) is 2.83. The second-order valence-electron chi connectivity index (χ2n) is 5.48. The number of hydrogen-bond donors (Lipinski definition) is 1. The second-order valence-corrected chi connectivity index (χ2v) is 5.86. The molecule has 1 aromatic rings. The first-order valence-electron chi connectivity index (χ1n) is 6.98. The van der Waals surface area contributed by atoms with E-state index in [1.165, 1.54) is 0 Å². The molecule has 1 heterocycles. The molecule has 1 saturated carbocycles. The molecule has 1 N–H and O–H groups in total. The largest absolute Gasteiger partial charge is 0.393 e. The van der Waals surface area contributed by atoms with Crippen molar-refractivity contribution in [1.29, 1.82) is 0 Å². The summed E-state index contributed by atoms with van der Waals surface area (Å²) in [5.74, 6) is 0.583. The predicted octanol–water partition coefficient (Wildman–Crippen LogP) is 2.49. The Labute approximate surface area is 119 Å². The number of halogens is 1. The van der Waals surface area contributed by atoms with E-state index in [0.29, 0.717) is 23.5 Å². The van der Waals surface area contributed by atoms with E-state index in [2.05, 4.69) is 5.10 Å². The van der Waals surface area contributed by atoms with Gasteiger partial charge < -0.3 is 9.84 Å². The summed E-state index contributed by atoms with van der Waals surface area (Å²) in [4.78, 5) is 0. The summed E-state index contributed by atoms with van der Waals surface area (Å²) in [6, 6.07) is 0. The van der Waals surface area contributed by atoms with Gasteiger partial charge in [-0.2, -0.15) is 5.10 Å². The van der Waals surface area contributed by atoms with Crippen LogP contribution >= 0.6 is 11.6 Å². The van der Waals surface area contributed by atoms with E-state index < -0.39 is 0 Å². The van der Waals surface area contributed by atoms with Crippen LogP contribution in [-0.2, 0) is 18.2 Å². The lowest BCUT2D eigenvalue weighted by Crippen LogP contribution is -2.34. The molecule has 0 saturated heterocycles. The number of aromatic nitrogens is 2. The van der Waals surface area contributed by atoms with E-state index in [9.17, 15) is 5.11 Å². The van der Waals surface area contributed by atoms with Crippen LogP contribution in [0.5, 0.6) is 0 Å². The highest BCUT2D eigenvalue weighted by Gasteiger charge is 2.31. The number of aryl methyl sites for hydroxylation is 2. The molecule has 1 unspecified atom stereocenters. The minimum absolute atomic E-state index is 0.347. The van der Waals surface area contributed by atoms with Crippen LogP contribution in [0.15, 0.2) is 0 Å². The highest BCUT2D eigenvalue weighted by molar-refractivity contribution is 6.31. The first-order chi connectivity index (χ1) is 9.01. The molecule has 5 heteroatoms. The number of hydrogen-bond acceptors (Lipinski definition) is 3. The van der Waals surface area contributed by atoms with Gasteiger partial charge in [-0.25, -0.2) is 0 Å². The minimum atomic E-state index is -0.347. The maximum Gasteiger partial charge on any atom is 0.0847 e. The molecule has 0 spiro atoms. The third-order valence-electron chi connectivity index (χ3n) is 3.89. The lowest BCUT2D eigenvalue weighted by Gasteiger charge is -2.36. The van der Waals surface area contributed by atoms with Gasteiger partial charge in [-0.1, -0.05) is 11.6 Å². The van der Waals surface area contributed by atoms with Crippen LogP contribution < -0.4 is 0 Å². The quantitative estimate of drug-likeness (QED) is 0.874. The molecule has 0 radical (unpaired) electrons. The average Bonchev–Trinajstić information content (AvgIpc) is 2.53. The van der Waals surface area contributed by atoms with Crippen molar-refractivity contribution in [2.45, 2.75) is 51.7 Å². The van der Waals surface area contributed by atoms with Gasteiger partial charge >= 0.3 is 0 Å². The summed E-state index contributed by atoms with van der Waals surface area (Å²) in [5.41, 5.74) is 1.75. The molecule has 4 nitrogen and oxygen atoms in total. The molecule has 1 fully saturated rings. The Morgan fingerprint density at radius 1 is 1.53 bits per heavy atom. The van der Waals surface area contributed by atoms with Gasteiger partial charge in [0.2, 0.25) is 0 Å². The van der Waals surface area contributed by atoms with Crippen molar-refractivity contribution in [3.63, 3.8) is 0 Å². The molecular formula is C14H23ClN2O2. The van der Waals surface area contributed by atoms with Crippen LogP contribution in [0.3, 0.4) is 0 Å². The summed E-state index contributed by atoms with van der Waals surface area (Å²) in [7, 11) is 1.87. The van der Waals surface area contributed by atoms with Crippen LogP contribution in [0.2, 0.25) is 5.02 Å². The molecule has 1 atom stereocenters. The SMILES string of the molecule is CCOC1CC(CC(O)Cc2c(Cl)c(C)nn2C)C1. The van der Waals surface area contributed by atoms with E-state index in [-0.39, 0.29) is 6.10 Å². The monoisotopic (exact) mass is 286 g/mol. The van der Waals surface area contributed by atoms with Crippen molar-refractivity contribution in [3.05, 3.63) is 16.4 Å². The zero-order valence-electron chi connectivity index (χ0n) is 11.9. The number of aliphatic hydroxyl groups is 1. The molecule has 108 valence electrons. The highest BCUT2D eigenvalue weighted by atomic mass is 35.5. The van der Waals surface area contributed by atoms with Gasteiger partial charge in [-0.3, -0.25) is 4.68 Å². The third kappa shape index (κ3) is 3.50. The Bertz CT molecular complexity index is 427. The van der Waals surface area contributed by atoms with Crippen molar-refractivity contribution in [2.75, 3.05) is 6.61 Å². The summed E-state index contributed by atoms with van der Waals surface area (Å²) < 4.78 is 7.30. The Morgan fingerprint density at radius 3 is 2.74 bits per heavy atom. The van der Waals surface area contributed by atoms with E-state index in [0.717, 1.165) is 37.3 Å². The molecule has 0 amide bonds. The topological polar surface area (TPSA) is 47.3 Å². The molecule has 0 bridgehead atoms. The predicted molar refractivity (Wildman–Crippen MR) is 75.4 cm³/mol. The van der Waals surface area contributed by atoms with Gasteiger partial charge in [0.25, 0.3) is 0 Å². The molecule has 0 aromatic carbocycles. The Balaban J connectivity index is 1.80. The maximum atomic E-state index is 10.2. The smallest absolute Gasteiger partial charge is 0.0847 e. The van der Waals surface area contributed by atoms with Crippen LogP contribution in [0.1, 0.15) is 37.6 Å². The van der Waals surface area contributed by atoms with Crippen LogP contribution in [0.4, 0.5) is 0 Å². The molecule has 1 aliphatic rings. The summed E-state index contributed by atoms with van der Waals surface area (Å²) >= 11 is 6.19. The summed E-state index contributed by atoms with van der Waals surface area (Å²) in [6.45, 7) is 4.69. The van der Waals surface area contributed by atoms with Gasteiger partial charge in [-0.05, 0) is 39.0 Å². The zero-order valence-corrected chi connectivity index (χ0v) is 12.7. The van der Waals surface area contributed by atoms with E-state index in [1.54, 1.807) is 4.68 Å². The van der Waals surface area contributed by atoms with Gasteiger partial charge in [0, 0.05) is 20.1 Å². The average molecular weight is 287 g/mol. The normalized spacial score (nSPS) is 24.3. The molecule has 2 rings (SSSR count). The van der Waals surface area contributed by atoms with Crippen molar-refractivity contribution < 1.29 is 9.84 Å². The summed E-state index contributed by atoms with van der Waals surface area (Å²) in [5, 5.41) is 15.1. The summed E-state index contributed by atoms with van der Waals surface area (Å²) in [6.07, 6.45) is 3.60. The van der Waals surface area contributed by atoms with Crippen molar-refractivity contribution in [2.24, 2.45) is 13.0 Å². The lowest BCUT2D eigenvalue weighted by atomic mass is 9.78. The van der Waals surface area contributed by atoms with E-state index in [1.807, 2.05) is 20.9 Å². The minimum Gasteiger partial charge on any atom is -0.393 e. The molecule has 1 aliphatic carbocycles. The number of aliphatic hydroxyl groups excluding tert-OH is 1. The van der Waals surface area contributed by atoms with Gasteiger partial charge in [0.15, 0.2) is 0 Å². The van der Waals surface area contributed by atoms with Crippen molar-refractivity contribution in [1.82, 2.24) is 9.78 Å². The van der Waals surface area contributed by atoms with Gasteiger partial charge in [0.05, 0.1) is 28.6 Å². The number of nitrogens with zero attached hydrogens (tertiary/aromatic N) is 2. The fraction of sp³-hybridized carbons (Fsp3) is 0.786. The highest BCUT2D eigenvalue weighted by Crippen LogP contribution is 2.34. The van der Waals surface area contributed by atoms with Crippen LogP contribution in [0.25, 0.3) is 0 Å². The Morgan fingerprint density at radius 2 is 2.21 bits per heavy atom. The van der Waals surface area contributed by atoms with Crippen LogP contribution in [0, 0.1) is 12.8 Å². The van der Waals surface area contributed by atoms with E-state index in [4.69, 9.17) is 16.3 Å². The van der Waals surface area contributed by atoms with Gasteiger partial charge in [-0.15, -0.1) is 0 Å². The Kier molecular flexibility index (Phi) is 4.87. The standard InChI is InChI=1S/C14H23ClN2O2/c1-4-19-12-6-10(7-12)5-11(18)8-13-14(15)9(2)16-17(13)3/h10-12,18H,4-8H2,1-3H3. The third-order valence-corrected chi connectivity index (χ3v) is 4.38. The van der Waals surface area contributed by atoms with Crippen molar-refractivity contribution in [3.8, 4) is 0 Å². The fourth-order valence-corrected chi connectivity index (χ4v) is 3.07. The molecular weight excluding hydrogens is 264 g/mol. The lowest BCUT2D eigenvalue weighted by molar-refractivity contribution is -0.0376. The molecule has 0 aliphatic heterocycles. The van der Waals surface area contributed by atoms with Gasteiger partial charge in [0.1, 0.15) is 0 Å². The zero-order chi connectivity index (χ0) is 14.0. The molecule has 1 aromatic heterocycles. The van der Waals surface area contributed by atoms with Crippen LogP contribution in [-0.4, -0.2) is 33.7 Å². The van der Waals surface area contributed by atoms with E-state index >= 15 is 0 Å². The first kappa shape index (κ1) is 14.8. The van der Waals surface area contributed by atoms with Crippen molar-refractivity contribution >= 4 is 11.6 Å². The Hall–Kier alpha value is -0.580.